The van der Waals surface area contributed by atoms with Crippen molar-refractivity contribution in [1.82, 2.24) is 4.57 Å². The molecular weight excluding hydrogens is 536 g/mol. The normalized spacial score (nSPS) is 17.6. The predicted molar refractivity (Wildman–Crippen MR) is 161 cm³/mol. The van der Waals surface area contributed by atoms with Crippen LogP contribution in [-0.4, -0.2) is 30.7 Å². The quantitative estimate of drug-likeness (QED) is 0.359. The van der Waals surface area contributed by atoms with E-state index in [9.17, 15) is 9.59 Å². The van der Waals surface area contributed by atoms with Crippen molar-refractivity contribution >= 4 is 34.9 Å². The van der Waals surface area contributed by atoms with Gasteiger partial charge in [-0.05, 0) is 55.7 Å². The summed E-state index contributed by atoms with van der Waals surface area (Å²) in [5.41, 5.74) is 2.21. The first-order valence-corrected chi connectivity index (χ1v) is 14.7. The van der Waals surface area contributed by atoms with E-state index in [1.54, 1.807) is 17.8 Å². The van der Waals surface area contributed by atoms with E-state index in [2.05, 4.69) is 10.2 Å². The van der Waals surface area contributed by atoms with Crippen LogP contribution in [0.3, 0.4) is 0 Å². The summed E-state index contributed by atoms with van der Waals surface area (Å²) >= 11 is 1.30. The molecule has 2 aliphatic rings. The Morgan fingerprint density at radius 1 is 1.02 bits per heavy atom. The molecule has 41 heavy (non-hydrogen) atoms. The van der Waals surface area contributed by atoms with Crippen molar-refractivity contribution < 1.29 is 13.9 Å². The molecule has 0 saturated carbocycles. The van der Waals surface area contributed by atoms with Crippen LogP contribution in [0, 0.1) is 0 Å². The van der Waals surface area contributed by atoms with E-state index in [4.69, 9.17) is 14.1 Å². The standard InChI is InChI=1S/C32H32N4O4S/c1-21-28(30(37)34-23-10-6-5-7-11-23)29(22-12-14-24(39-2)15-13-22)36-31(38)26(41-32(36)33-21)20-25-16-17-27(40-25)35-18-8-3-4-9-19-35/h5-7,10-17,20,29H,3-4,8-9,18-19H2,1-2H3,(H,34,37). The molecular formula is C32H32N4O4S. The number of nitrogens with one attached hydrogen (secondary N) is 1. The highest BCUT2D eigenvalue weighted by Crippen LogP contribution is 2.32. The second-order valence-electron chi connectivity index (χ2n) is 10.3. The van der Waals surface area contributed by atoms with Gasteiger partial charge in [-0.15, -0.1) is 0 Å². The third-order valence-corrected chi connectivity index (χ3v) is 8.52. The van der Waals surface area contributed by atoms with Crippen LogP contribution in [0.25, 0.3) is 6.08 Å². The van der Waals surface area contributed by atoms with E-state index in [1.165, 1.54) is 24.2 Å². The predicted octanol–water partition coefficient (Wildman–Crippen LogP) is 4.86. The molecule has 1 atom stereocenters. The number of methoxy groups -OCH3 is 1. The van der Waals surface area contributed by atoms with E-state index in [1.807, 2.05) is 73.7 Å². The number of ether oxygens (including phenoxy) is 1. The minimum absolute atomic E-state index is 0.222. The summed E-state index contributed by atoms with van der Waals surface area (Å²) < 4.78 is 13.6. The molecule has 1 saturated heterocycles. The van der Waals surface area contributed by atoms with E-state index >= 15 is 0 Å². The van der Waals surface area contributed by atoms with Crippen LogP contribution in [-0.2, 0) is 4.79 Å². The van der Waals surface area contributed by atoms with Gasteiger partial charge >= 0.3 is 0 Å². The smallest absolute Gasteiger partial charge is 0.271 e. The number of furan rings is 1. The minimum atomic E-state index is -0.660. The van der Waals surface area contributed by atoms with Gasteiger partial charge in [0.05, 0.1) is 29.0 Å². The fourth-order valence-electron chi connectivity index (χ4n) is 5.44. The van der Waals surface area contributed by atoms with E-state index < -0.39 is 6.04 Å². The van der Waals surface area contributed by atoms with Crippen LogP contribution in [0.5, 0.6) is 5.75 Å². The Morgan fingerprint density at radius 3 is 2.46 bits per heavy atom. The van der Waals surface area contributed by atoms with Crippen LogP contribution < -0.4 is 29.8 Å². The van der Waals surface area contributed by atoms with E-state index in [0.717, 1.165) is 37.4 Å². The van der Waals surface area contributed by atoms with Crippen LogP contribution in [0.2, 0.25) is 0 Å². The van der Waals surface area contributed by atoms with Gasteiger partial charge in [-0.25, -0.2) is 4.99 Å². The summed E-state index contributed by atoms with van der Waals surface area (Å²) in [4.78, 5) is 35.2. The van der Waals surface area contributed by atoms with Gasteiger partial charge in [0.2, 0.25) is 0 Å². The van der Waals surface area contributed by atoms with Gasteiger partial charge in [-0.2, -0.15) is 0 Å². The van der Waals surface area contributed by atoms with Crippen molar-refractivity contribution in [3.05, 3.63) is 109 Å². The molecule has 2 aliphatic heterocycles. The first kappa shape index (κ1) is 26.8. The second-order valence-corrected chi connectivity index (χ2v) is 11.3. The van der Waals surface area contributed by atoms with Crippen molar-refractivity contribution in [2.24, 2.45) is 4.99 Å². The maximum absolute atomic E-state index is 14.0. The Morgan fingerprint density at radius 2 is 1.76 bits per heavy atom. The van der Waals surface area contributed by atoms with Crippen molar-refractivity contribution in [2.45, 2.75) is 38.6 Å². The number of anilines is 2. The number of aromatic nitrogens is 1. The maximum atomic E-state index is 14.0. The molecule has 4 aromatic rings. The number of carbonyl (C=O) groups excluding carboxylic acids is 1. The highest BCUT2D eigenvalue weighted by Gasteiger charge is 2.32. The average Bonchev–Trinajstić information content (AvgIpc) is 3.45. The number of amides is 1. The number of hydrogen-bond donors (Lipinski definition) is 1. The van der Waals surface area contributed by atoms with Gasteiger partial charge in [-0.1, -0.05) is 54.5 Å². The lowest BCUT2D eigenvalue weighted by molar-refractivity contribution is -0.113. The number of thiazole rings is 1. The van der Waals surface area contributed by atoms with Crippen molar-refractivity contribution in [2.75, 3.05) is 30.4 Å². The van der Waals surface area contributed by atoms with Gasteiger partial charge in [0.1, 0.15) is 11.5 Å². The number of carbonyl (C=O) groups is 1. The Labute approximate surface area is 241 Å². The van der Waals surface area contributed by atoms with Crippen molar-refractivity contribution in [3.8, 4) is 5.75 Å². The highest BCUT2D eigenvalue weighted by atomic mass is 32.1. The fraction of sp³-hybridized carbons (Fsp3) is 0.281. The summed E-state index contributed by atoms with van der Waals surface area (Å²) in [6, 6.07) is 19.9. The number of nitrogens with zero attached hydrogens (tertiary/aromatic N) is 3. The average molecular weight is 569 g/mol. The minimum Gasteiger partial charge on any atom is -0.497 e. The SMILES string of the molecule is COc1ccc(C2C(C(=O)Nc3ccccc3)=C(C)N=c3sc(=Cc4ccc(N5CCCCCC5)o4)c(=O)n32)cc1. The largest absolute Gasteiger partial charge is 0.497 e. The first-order chi connectivity index (χ1) is 20.0. The van der Waals surface area contributed by atoms with Crippen LogP contribution in [0.1, 0.15) is 50.0 Å². The zero-order chi connectivity index (χ0) is 28.3. The lowest BCUT2D eigenvalue weighted by Crippen LogP contribution is -2.40. The summed E-state index contributed by atoms with van der Waals surface area (Å²) in [5.74, 6) is 1.84. The molecule has 1 unspecified atom stereocenters. The van der Waals surface area contributed by atoms with Gasteiger partial charge < -0.3 is 19.4 Å². The molecule has 1 fully saturated rings. The maximum Gasteiger partial charge on any atom is 0.271 e. The zero-order valence-electron chi connectivity index (χ0n) is 23.1. The molecule has 2 aromatic carbocycles. The van der Waals surface area contributed by atoms with E-state index in [-0.39, 0.29) is 11.5 Å². The van der Waals surface area contributed by atoms with Gasteiger partial charge in [-0.3, -0.25) is 14.2 Å². The number of para-hydroxylation sites is 1. The van der Waals surface area contributed by atoms with Crippen LogP contribution in [0.15, 0.2) is 92.2 Å². The molecule has 0 spiro atoms. The van der Waals surface area contributed by atoms with Crippen molar-refractivity contribution in [1.29, 1.82) is 0 Å². The Kier molecular flexibility index (Phi) is 7.61. The fourth-order valence-corrected chi connectivity index (χ4v) is 6.47. The van der Waals surface area contributed by atoms with Gasteiger partial charge in [0.25, 0.3) is 11.5 Å². The van der Waals surface area contributed by atoms with Gasteiger partial charge in [0, 0.05) is 30.9 Å². The molecule has 0 bridgehead atoms. The Hall–Kier alpha value is -4.37. The molecule has 6 rings (SSSR count). The summed E-state index contributed by atoms with van der Waals surface area (Å²) in [5, 5.41) is 2.98. The first-order valence-electron chi connectivity index (χ1n) is 13.9. The van der Waals surface area contributed by atoms with Gasteiger partial charge in [0.15, 0.2) is 10.7 Å². The van der Waals surface area contributed by atoms with Crippen molar-refractivity contribution in [3.63, 3.8) is 0 Å². The number of rotatable bonds is 6. The number of benzene rings is 2. The third-order valence-electron chi connectivity index (χ3n) is 7.53. The molecule has 4 heterocycles. The molecule has 1 N–H and O–H groups in total. The number of allylic oxidation sites excluding steroid dienone is 1. The Balaban J connectivity index is 1.42. The number of fused-ring (bicyclic) bond motifs is 1. The summed E-state index contributed by atoms with van der Waals surface area (Å²) in [6.45, 7) is 3.77. The van der Waals surface area contributed by atoms with Crippen LogP contribution >= 0.6 is 11.3 Å². The van der Waals surface area contributed by atoms with Crippen LogP contribution in [0.4, 0.5) is 11.6 Å². The summed E-state index contributed by atoms with van der Waals surface area (Å²) in [6.07, 6.45) is 6.56. The summed E-state index contributed by atoms with van der Waals surface area (Å²) in [7, 11) is 1.60. The monoisotopic (exact) mass is 568 g/mol. The number of hydrogen-bond acceptors (Lipinski definition) is 7. The molecule has 8 nitrogen and oxygen atoms in total. The topological polar surface area (TPSA) is 89.1 Å². The lowest BCUT2D eigenvalue weighted by atomic mass is 9.95. The molecule has 0 radical (unpaired) electrons. The van der Waals surface area contributed by atoms with E-state index in [0.29, 0.717) is 37.8 Å². The Bertz CT molecular complexity index is 1760. The zero-order valence-corrected chi connectivity index (χ0v) is 23.9. The second kappa shape index (κ2) is 11.6. The molecule has 1 amide bonds. The third kappa shape index (κ3) is 5.50. The molecule has 210 valence electrons. The molecule has 2 aromatic heterocycles. The molecule has 9 heteroatoms. The lowest BCUT2D eigenvalue weighted by Gasteiger charge is -2.25. The highest BCUT2D eigenvalue weighted by molar-refractivity contribution is 7.07. The molecule has 0 aliphatic carbocycles.